The van der Waals surface area contributed by atoms with E-state index in [1.54, 1.807) is 42.5 Å². The average molecular weight is 303 g/mol. The fourth-order valence-corrected chi connectivity index (χ4v) is 2.12. The predicted octanol–water partition coefficient (Wildman–Crippen LogP) is 4.31. The van der Waals surface area contributed by atoms with Gasteiger partial charge in [0.05, 0.1) is 7.11 Å². The van der Waals surface area contributed by atoms with E-state index in [0.717, 1.165) is 4.90 Å². The van der Waals surface area contributed by atoms with Gasteiger partial charge in [-0.15, -0.1) is 0 Å². The SMILES string of the molecule is COc1ccc(N(C(C)=O)C(=C(F)F)c2ccccc2)cc1. The third kappa shape index (κ3) is 3.31. The summed E-state index contributed by atoms with van der Waals surface area (Å²) in [6.45, 7) is 1.25. The summed E-state index contributed by atoms with van der Waals surface area (Å²) < 4.78 is 32.0. The number of benzene rings is 2. The van der Waals surface area contributed by atoms with Crippen molar-refractivity contribution in [1.82, 2.24) is 0 Å². The Balaban J connectivity index is 2.53. The molecular formula is C17H15F2NO2. The number of hydrogen-bond donors (Lipinski definition) is 0. The molecule has 5 heteroatoms. The van der Waals surface area contributed by atoms with E-state index >= 15 is 0 Å². The maximum absolute atomic E-state index is 13.5. The number of amides is 1. The first-order valence-corrected chi connectivity index (χ1v) is 6.60. The van der Waals surface area contributed by atoms with Crippen molar-refractivity contribution < 1.29 is 18.3 Å². The first kappa shape index (κ1) is 15.7. The molecular weight excluding hydrogens is 288 g/mol. The summed E-state index contributed by atoms with van der Waals surface area (Å²) in [5, 5.41) is 0. The van der Waals surface area contributed by atoms with E-state index in [-0.39, 0.29) is 5.56 Å². The normalized spacial score (nSPS) is 10.0. The van der Waals surface area contributed by atoms with Crippen LogP contribution >= 0.6 is 0 Å². The second-order valence-electron chi connectivity index (χ2n) is 4.53. The van der Waals surface area contributed by atoms with Crippen molar-refractivity contribution in [3.63, 3.8) is 0 Å². The molecule has 0 unspecified atom stereocenters. The third-order valence-corrected chi connectivity index (χ3v) is 3.10. The van der Waals surface area contributed by atoms with Crippen LogP contribution in [0.5, 0.6) is 5.75 Å². The molecule has 0 saturated carbocycles. The van der Waals surface area contributed by atoms with Crippen molar-refractivity contribution in [3.05, 3.63) is 66.2 Å². The number of methoxy groups -OCH3 is 1. The first-order chi connectivity index (χ1) is 10.5. The summed E-state index contributed by atoms with van der Waals surface area (Å²) in [6, 6.07) is 14.4. The molecule has 2 rings (SSSR count). The van der Waals surface area contributed by atoms with Crippen molar-refractivity contribution in [1.29, 1.82) is 0 Å². The quantitative estimate of drug-likeness (QED) is 0.842. The second kappa shape index (κ2) is 6.85. The Morgan fingerprint density at radius 2 is 1.59 bits per heavy atom. The van der Waals surface area contributed by atoms with Crippen molar-refractivity contribution in [3.8, 4) is 5.75 Å². The number of hydrogen-bond acceptors (Lipinski definition) is 2. The lowest BCUT2D eigenvalue weighted by molar-refractivity contribution is -0.115. The monoisotopic (exact) mass is 303 g/mol. The van der Waals surface area contributed by atoms with Crippen LogP contribution in [0.15, 0.2) is 60.7 Å². The Morgan fingerprint density at radius 3 is 2.05 bits per heavy atom. The van der Waals surface area contributed by atoms with Gasteiger partial charge in [-0.2, -0.15) is 8.78 Å². The lowest BCUT2D eigenvalue weighted by Crippen LogP contribution is -2.27. The molecule has 0 bridgehead atoms. The number of anilines is 1. The van der Waals surface area contributed by atoms with Gasteiger partial charge in [0.2, 0.25) is 5.91 Å². The highest BCUT2D eigenvalue weighted by Gasteiger charge is 2.23. The molecule has 0 N–H and O–H groups in total. The zero-order chi connectivity index (χ0) is 16.1. The van der Waals surface area contributed by atoms with Crippen LogP contribution < -0.4 is 9.64 Å². The number of carbonyl (C=O) groups excluding carboxylic acids is 1. The number of rotatable bonds is 4. The summed E-state index contributed by atoms with van der Waals surface area (Å²) in [4.78, 5) is 12.9. The number of carbonyl (C=O) groups is 1. The van der Waals surface area contributed by atoms with Gasteiger partial charge in [-0.3, -0.25) is 9.69 Å². The second-order valence-corrected chi connectivity index (χ2v) is 4.53. The Bertz CT molecular complexity index is 678. The van der Waals surface area contributed by atoms with Crippen LogP contribution in [0.1, 0.15) is 12.5 Å². The molecule has 0 fully saturated rings. The maximum Gasteiger partial charge on any atom is 0.294 e. The van der Waals surface area contributed by atoms with E-state index in [2.05, 4.69) is 0 Å². The molecule has 0 aliphatic rings. The number of halogens is 2. The van der Waals surface area contributed by atoms with Gasteiger partial charge < -0.3 is 4.74 Å². The maximum atomic E-state index is 13.5. The molecule has 0 aliphatic carbocycles. The van der Waals surface area contributed by atoms with Gasteiger partial charge in [0.15, 0.2) is 0 Å². The minimum atomic E-state index is -1.92. The zero-order valence-corrected chi connectivity index (χ0v) is 12.2. The highest BCUT2D eigenvalue weighted by molar-refractivity contribution is 6.05. The van der Waals surface area contributed by atoms with Crippen LogP contribution in [0.3, 0.4) is 0 Å². The van der Waals surface area contributed by atoms with Gasteiger partial charge in [-0.05, 0) is 24.3 Å². The molecule has 3 nitrogen and oxygen atoms in total. The zero-order valence-electron chi connectivity index (χ0n) is 12.2. The Morgan fingerprint density at radius 1 is 1.00 bits per heavy atom. The van der Waals surface area contributed by atoms with Crippen LogP contribution in [0.4, 0.5) is 14.5 Å². The van der Waals surface area contributed by atoms with Crippen LogP contribution in [0.25, 0.3) is 5.70 Å². The molecule has 2 aromatic rings. The van der Waals surface area contributed by atoms with Gasteiger partial charge in [0.1, 0.15) is 11.4 Å². The Kier molecular flexibility index (Phi) is 4.88. The van der Waals surface area contributed by atoms with E-state index in [0.29, 0.717) is 11.4 Å². The van der Waals surface area contributed by atoms with Crippen LogP contribution in [0.2, 0.25) is 0 Å². The summed E-state index contributed by atoms with van der Waals surface area (Å²) in [5.41, 5.74) is 0.201. The number of nitrogens with zero attached hydrogens (tertiary/aromatic N) is 1. The number of ether oxygens (including phenoxy) is 1. The third-order valence-electron chi connectivity index (χ3n) is 3.10. The predicted molar refractivity (Wildman–Crippen MR) is 81.7 cm³/mol. The highest BCUT2D eigenvalue weighted by atomic mass is 19.3. The van der Waals surface area contributed by atoms with Crippen molar-refractivity contribution in [2.75, 3.05) is 12.0 Å². The van der Waals surface area contributed by atoms with Crippen molar-refractivity contribution in [2.24, 2.45) is 0 Å². The molecule has 1 amide bonds. The minimum absolute atomic E-state index is 0.272. The van der Waals surface area contributed by atoms with Crippen LogP contribution in [0, 0.1) is 0 Å². The van der Waals surface area contributed by atoms with Crippen LogP contribution in [-0.2, 0) is 4.79 Å². The molecule has 0 saturated heterocycles. The van der Waals surface area contributed by atoms with Gasteiger partial charge in [0.25, 0.3) is 6.08 Å². The first-order valence-electron chi connectivity index (χ1n) is 6.60. The molecule has 22 heavy (non-hydrogen) atoms. The van der Waals surface area contributed by atoms with E-state index in [9.17, 15) is 13.6 Å². The van der Waals surface area contributed by atoms with Gasteiger partial charge in [0, 0.05) is 18.2 Å². The largest absolute Gasteiger partial charge is 0.497 e. The van der Waals surface area contributed by atoms with E-state index in [1.807, 2.05) is 0 Å². The molecule has 0 aliphatic heterocycles. The topological polar surface area (TPSA) is 29.5 Å². The fourth-order valence-electron chi connectivity index (χ4n) is 2.12. The molecule has 2 aromatic carbocycles. The van der Waals surface area contributed by atoms with Crippen LogP contribution in [-0.4, -0.2) is 13.0 Å². The molecule has 0 atom stereocenters. The van der Waals surface area contributed by atoms with Gasteiger partial charge >= 0.3 is 0 Å². The standard InChI is InChI=1S/C17H15F2NO2/c1-12(21)20(14-8-10-15(22-2)11-9-14)16(17(18)19)13-6-4-3-5-7-13/h3-11H,1-2H3. The summed E-state index contributed by atoms with van der Waals surface area (Å²) >= 11 is 0. The Hall–Kier alpha value is -2.69. The van der Waals surface area contributed by atoms with Gasteiger partial charge in [-0.25, -0.2) is 0 Å². The fraction of sp³-hybridized carbons (Fsp3) is 0.118. The van der Waals surface area contributed by atoms with E-state index in [4.69, 9.17) is 4.74 Å². The molecule has 0 aromatic heterocycles. The lowest BCUT2D eigenvalue weighted by Gasteiger charge is -2.24. The highest BCUT2D eigenvalue weighted by Crippen LogP contribution is 2.31. The molecule has 0 radical (unpaired) electrons. The van der Waals surface area contributed by atoms with Crippen molar-refractivity contribution >= 4 is 17.3 Å². The van der Waals surface area contributed by atoms with Crippen molar-refractivity contribution in [2.45, 2.75) is 6.92 Å². The summed E-state index contributed by atoms with van der Waals surface area (Å²) in [5.74, 6) is 0.0787. The minimum Gasteiger partial charge on any atom is -0.497 e. The van der Waals surface area contributed by atoms with E-state index in [1.165, 1.54) is 26.2 Å². The van der Waals surface area contributed by atoms with Gasteiger partial charge in [-0.1, -0.05) is 30.3 Å². The van der Waals surface area contributed by atoms with E-state index < -0.39 is 17.7 Å². The average Bonchev–Trinajstić information content (AvgIpc) is 2.52. The summed E-state index contributed by atoms with van der Waals surface area (Å²) in [7, 11) is 1.51. The summed E-state index contributed by atoms with van der Waals surface area (Å²) in [6.07, 6.45) is -1.92. The molecule has 0 spiro atoms. The lowest BCUT2D eigenvalue weighted by atomic mass is 10.1. The smallest absolute Gasteiger partial charge is 0.294 e. The molecule has 0 heterocycles. The Labute approximate surface area is 127 Å². The molecule has 114 valence electrons.